The van der Waals surface area contributed by atoms with Gasteiger partial charge in [-0.25, -0.2) is 4.79 Å². The second-order valence-electron chi connectivity index (χ2n) is 11.8. The molecule has 0 heterocycles. The van der Waals surface area contributed by atoms with Gasteiger partial charge >= 0.3 is 6.09 Å². The molecule has 1 fully saturated rings. The topological polar surface area (TPSA) is 131 Å². The van der Waals surface area contributed by atoms with E-state index in [1.165, 1.54) is 0 Å². The summed E-state index contributed by atoms with van der Waals surface area (Å²) in [6.45, 7) is 12.9. The molecule has 0 saturated heterocycles. The highest BCUT2D eigenvalue weighted by molar-refractivity contribution is 5.93. The Labute approximate surface area is 233 Å². The monoisotopic (exact) mass is 544 g/mol. The van der Waals surface area contributed by atoms with E-state index < -0.39 is 35.6 Å². The number of hydrogen-bond donors (Lipinski definition) is 3. The molecule has 0 bridgehead atoms. The molecule has 4 amide bonds. The summed E-state index contributed by atoms with van der Waals surface area (Å²) in [4.78, 5) is 54.2. The molecule has 9 heteroatoms. The lowest BCUT2D eigenvalue weighted by molar-refractivity contribution is -0.145. The molecule has 1 saturated carbocycles. The van der Waals surface area contributed by atoms with Gasteiger partial charge in [0, 0.05) is 18.5 Å². The molecule has 39 heavy (non-hydrogen) atoms. The summed E-state index contributed by atoms with van der Waals surface area (Å²) in [7, 11) is 0. The normalized spacial score (nSPS) is 16.5. The van der Waals surface area contributed by atoms with Gasteiger partial charge in [0.25, 0.3) is 0 Å². The van der Waals surface area contributed by atoms with E-state index in [1.54, 1.807) is 25.7 Å². The summed E-state index contributed by atoms with van der Waals surface area (Å²) in [6, 6.07) is 3.54. The summed E-state index contributed by atoms with van der Waals surface area (Å²) in [5, 5.41) is 5.86. The van der Waals surface area contributed by atoms with Gasteiger partial charge in [-0.05, 0) is 78.4 Å². The summed E-state index contributed by atoms with van der Waals surface area (Å²) in [6.07, 6.45) is 4.77. The number of ether oxygens (including phenoxy) is 1. The maximum Gasteiger partial charge on any atom is 0.408 e. The Hall–Kier alpha value is -3.10. The van der Waals surface area contributed by atoms with E-state index in [4.69, 9.17) is 10.5 Å². The van der Waals surface area contributed by atoms with E-state index in [9.17, 15) is 19.2 Å². The van der Waals surface area contributed by atoms with Gasteiger partial charge in [-0.3, -0.25) is 14.4 Å². The lowest BCUT2D eigenvalue weighted by Gasteiger charge is -2.39. The average molecular weight is 545 g/mol. The molecular weight excluding hydrogens is 496 g/mol. The first-order valence-corrected chi connectivity index (χ1v) is 14.2. The molecule has 4 N–H and O–H groups in total. The van der Waals surface area contributed by atoms with Gasteiger partial charge in [-0.15, -0.1) is 0 Å². The quantitative estimate of drug-likeness (QED) is 0.375. The number of carbonyl (C=O) groups is 4. The molecule has 1 aliphatic carbocycles. The zero-order valence-electron chi connectivity index (χ0n) is 24.8. The standard InChI is InChI=1S/C30H48N4O5/c1-8-21(4)34(28(37)24(16-17-25(31)35)33-29(38)39-30(5,6)7)26(23-15-14-19(2)18-20(23)3)27(36)32-22-12-10-9-11-13-22/h14-15,18,21-22,24,26H,8-13,16-17H2,1-7H3,(H2,31,35)(H,32,36)(H,33,38). The average Bonchev–Trinajstić information content (AvgIpc) is 2.84. The van der Waals surface area contributed by atoms with Crippen molar-refractivity contribution in [3.05, 3.63) is 34.9 Å². The minimum Gasteiger partial charge on any atom is -0.444 e. The molecule has 0 aliphatic heterocycles. The van der Waals surface area contributed by atoms with Gasteiger partial charge in [-0.2, -0.15) is 0 Å². The Morgan fingerprint density at radius 3 is 2.28 bits per heavy atom. The first kappa shape index (κ1) is 32.1. The fraction of sp³-hybridized carbons (Fsp3) is 0.667. The third kappa shape index (κ3) is 9.86. The minimum atomic E-state index is -1.10. The molecule has 1 aromatic rings. The molecule has 1 aromatic carbocycles. The van der Waals surface area contributed by atoms with Crippen LogP contribution in [0.3, 0.4) is 0 Å². The first-order chi connectivity index (χ1) is 18.2. The highest BCUT2D eigenvalue weighted by Gasteiger charge is 2.39. The molecule has 9 nitrogen and oxygen atoms in total. The van der Waals surface area contributed by atoms with Crippen LogP contribution >= 0.6 is 0 Å². The fourth-order valence-electron chi connectivity index (χ4n) is 5.05. The van der Waals surface area contributed by atoms with Crippen LogP contribution in [0.15, 0.2) is 18.2 Å². The predicted octanol–water partition coefficient (Wildman–Crippen LogP) is 4.58. The van der Waals surface area contributed by atoms with Crippen molar-refractivity contribution in [2.75, 3.05) is 0 Å². The van der Waals surface area contributed by atoms with Crippen LogP contribution in [0.4, 0.5) is 4.79 Å². The molecule has 3 unspecified atom stereocenters. The lowest BCUT2D eigenvalue weighted by atomic mass is 9.92. The van der Waals surface area contributed by atoms with Crippen LogP contribution in [0.5, 0.6) is 0 Å². The minimum absolute atomic E-state index is 0.00973. The van der Waals surface area contributed by atoms with Gasteiger partial charge < -0.3 is 26.0 Å². The fourth-order valence-corrected chi connectivity index (χ4v) is 5.05. The second kappa shape index (κ2) is 14.3. The maximum atomic E-state index is 14.3. The van der Waals surface area contributed by atoms with E-state index in [2.05, 4.69) is 10.6 Å². The number of amides is 4. The molecule has 218 valence electrons. The Morgan fingerprint density at radius 2 is 1.74 bits per heavy atom. The Kier molecular flexibility index (Phi) is 11.8. The van der Waals surface area contributed by atoms with E-state index in [0.717, 1.165) is 48.8 Å². The van der Waals surface area contributed by atoms with Crippen molar-refractivity contribution >= 4 is 23.8 Å². The van der Waals surface area contributed by atoms with E-state index in [-0.39, 0.29) is 30.8 Å². The number of primary amides is 1. The van der Waals surface area contributed by atoms with E-state index in [1.807, 2.05) is 45.9 Å². The number of benzene rings is 1. The van der Waals surface area contributed by atoms with Crippen LogP contribution in [-0.2, 0) is 19.1 Å². The number of alkyl carbamates (subject to hydrolysis) is 1. The maximum absolute atomic E-state index is 14.3. The van der Waals surface area contributed by atoms with Gasteiger partial charge in [0.1, 0.15) is 17.7 Å². The molecule has 2 rings (SSSR count). The van der Waals surface area contributed by atoms with Crippen molar-refractivity contribution in [1.29, 1.82) is 0 Å². The van der Waals surface area contributed by atoms with Crippen molar-refractivity contribution in [3.63, 3.8) is 0 Å². The number of carbonyl (C=O) groups excluding carboxylic acids is 4. The predicted molar refractivity (Wildman–Crippen MR) is 152 cm³/mol. The van der Waals surface area contributed by atoms with Crippen LogP contribution in [0.25, 0.3) is 0 Å². The van der Waals surface area contributed by atoms with Crippen LogP contribution in [0, 0.1) is 13.8 Å². The lowest BCUT2D eigenvalue weighted by Crippen LogP contribution is -2.56. The van der Waals surface area contributed by atoms with Crippen LogP contribution in [0.2, 0.25) is 0 Å². The zero-order valence-corrected chi connectivity index (χ0v) is 24.8. The zero-order chi connectivity index (χ0) is 29.3. The largest absolute Gasteiger partial charge is 0.444 e. The van der Waals surface area contributed by atoms with Crippen molar-refractivity contribution in [3.8, 4) is 0 Å². The van der Waals surface area contributed by atoms with E-state index in [0.29, 0.717) is 6.42 Å². The van der Waals surface area contributed by atoms with Crippen molar-refractivity contribution < 1.29 is 23.9 Å². The summed E-state index contributed by atoms with van der Waals surface area (Å²) >= 11 is 0. The van der Waals surface area contributed by atoms with Crippen LogP contribution in [0.1, 0.15) is 109 Å². The molecular formula is C30H48N4O5. The first-order valence-electron chi connectivity index (χ1n) is 14.2. The number of hydrogen-bond acceptors (Lipinski definition) is 5. The molecule has 0 spiro atoms. The summed E-state index contributed by atoms with van der Waals surface area (Å²) in [5.41, 5.74) is 7.30. The SMILES string of the molecule is CCC(C)N(C(=O)C(CCC(N)=O)NC(=O)OC(C)(C)C)C(C(=O)NC1CCCCC1)c1ccc(C)cc1C. The van der Waals surface area contributed by atoms with Crippen molar-refractivity contribution in [2.24, 2.45) is 5.73 Å². The molecule has 0 radical (unpaired) electrons. The van der Waals surface area contributed by atoms with Gasteiger partial charge in [0.2, 0.25) is 17.7 Å². The molecule has 1 aliphatic rings. The Morgan fingerprint density at radius 1 is 1.10 bits per heavy atom. The second-order valence-corrected chi connectivity index (χ2v) is 11.8. The Balaban J connectivity index is 2.54. The number of nitrogens with one attached hydrogen (secondary N) is 2. The summed E-state index contributed by atoms with van der Waals surface area (Å²) in [5.74, 6) is -1.29. The van der Waals surface area contributed by atoms with E-state index >= 15 is 0 Å². The highest BCUT2D eigenvalue weighted by Crippen LogP contribution is 2.30. The van der Waals surface area contributed by atoms with Gasteiger partial charge in [0.15, 0.2) is 0 Å². The number of nitrogens with two attached hydrogens (primary N) is 1. The number of aryl methyl sites for hydroxylation is 2. The molecule has 0 aromatic heterocycles. The van der Waals surface area contributed by atoms with Crippen LogP contribution < -0.4 is 16.4 Å². The van der Waals surface area contributed by atoms with Gasteiger partial charge in [-0.1, -0.05) is 49.9 Å². The smallest absolute Gasteiger partial charge is 0.408 e. The number of rotatable bonds is 11. The van der Waals surface area contributed by atoms with Gasteiger partial charge in [0.05, 0.1) is 0 Å². The highest BCUT2D eigenvalue weighted by atomic mass is 16.6. The third-order valence-electron chi connectivity index (χ3n) is 7.19. The summed E-state index contributed by atoms with van der Waals surface area (Å²) < 4.78 is 5.40. The van der Waals surface area contributed by atoms with Crippen molar-refractivity contribution in [2.45, 2.75) is 130 Å². The molecule has 3 atom stereocenters. The Bertz CT molecular complexity index is 1010. The third-order valence-corrected chi connectivity index (χ3v) is 7.19. The van der Waals surface area contributed by atoms with Crippen LogP contribution in [-0.4, -0.2) is 52.4 Å². The number of nitrogens with zero attached hydrogens (tertiary/aromatic N) is 1. The van der Waals surface area contributed by atoms with Crippen molar-refractivity contribution in [1.82, 2.24) is 15.5 Å².